The molecule has 0 aliphatic heterocycles. The van der Waals surface area contributed by atoms with Gasteiger partial charge in [-0.25, -0.2) is 8.78 Å². The molecule has 1 aliphatic rings. The fourth-order valence-corrected chi connectivity index (χ4v) is 3.03. The van der Waals surface area contributed by atoms with Gasteiger partial charge >= 0.3 is 0 Å². The highest BCUT2D eigenvalue weighted by Crippen LogP contribution is 2.38. The first-order valence-electron chi connectivity index (χ1n) is 7.04. The van der Waals surface area contributed by atoms with Crippen molar-refractivity contribution in [3.8, 4) is 0 Å². The Hall–Kier alpha value is -0.970. The second kappa shape index (κ2) is 5.99. The number of halogens is 2. The molecule has 1 fully saturated rings. The van der Waals surface area contributed by atoms with Crippen LogP contribution in [-0.2, 0) is 13.5 Å². The van der Waals surface area contributed by atoms with Crippen molar-refractivity contribution in [2.45, 2.75) is 50.5 Å². The largest absolute Gasteiger partial charge is 0.317 e. The molecule has 1 unspecified atom stereocenters. The normalized spacial score (nSPS) is 21.5. The van der Waals surface area contributed by atoms with Gasteiger partial charge in [0.05, 0.1) is 0 Å². The average Bonchev–Trinajstić information content (AvgIpc) is 2.77. The van der Waals surface area contributed by atoms with Crippen LogP contribution in [0.25, 0.3) is 0 Å². The van der Waals surface area contributed by atoms with Crippen LogP contribution in [0.1, 0.15) is 37.8 Å². The summed E-state index contributed by atoms with van der Waals surface area (Å²) in [7, 11) is 3.87. The molecular weight excluding hydrogens is 248 g/mol. The molecule has 1 aliphatic carbocycles. The minimum Gasteiger partial charge on any atom is -0.317 e. The number of hydrogen-bond acceptors (Lipinski definition) is 2. The lowest BCUT2D eigenvalue weighted by molar-refractivity contribution is -0.0496. The lowest BCUT2D eigenvalue weighted by Crippen LogP contribution is -2.38. The van der Waals surface area contributed by atoms with Crippen molar-refractivity contribution in [3.05, 3.63) is 18.0 Å². The zero-order chi connectivity index (χ0) is 13.9. The summed E-state index contributed by atoms with van der Waals surface area (Å²) in [5, 5.41) is 7.46. The molecule has 5 heteroatoms. The van der Waals surface area contributed by atoms with E-state index in [1.807, 2.05) is 24.8 Å². The third kappa shape index (κ3) is 3.75. The topological polar surface area (TPSA) is 29.9 Å². The maximum atomic E-state index is 13.2. The minimum atomic E-state index is -2.43. The molecule has 0 spiro atoms. The van der Waals surface area contributed by atoms with E-state index >= 15 is 0 Å². The summed E-state index contributed by atoms with van der Waals surface area (Å²) in [5.74, 6) is -2.06. The predicted molar refractivity (Wildman–Crippen MR) is 71.3 cm³/mol. The van der Waals surface area contributed by atoms with Gasteiger partial charge in [0.2, 0.25) is 5.92 Å². The quantitative estimate of drug-likeness (QED) is 0.892. The monoisotopic (exact) mass is 271 g/mol. The maximum Gasteiger partial charge on any atom is 0.248 e. The van der Waals surface area contributed by atoms with Crippen LogP contribution in [0, 0.1) is 5.92 Å². The molecule has 0 bridgehead atoms. The van der Waals surface area contributed by atoms with E-state index in [9.17, 15) is 8.78 Å². The van der Waals surface area contributed by atoms with Crippen LogP contribution >= 0.6 is 0 Å². The van der Waals surface area contributed by atoms with Crippen LogP contribution in [0.5, 0.6) is 0 Å². The number of aryl methyl sites for hydroxylation is 2. The first kappa shape index (κ1) is 14.4. The van der Waals surface area contributed by atoms with E-state index in [4.69, 9.17) is 0 Å². The van der Waals surface area contributed by atoms with Gasteiger partial charge in [0.15, 0.2) is 0 Å². The van der Waals surface area contributed by atoms with E-state index in [0.29, 0.717) is 24.8 Å². The average molecular weight is 271 g/mol. The van der Waals surface area contributed by atoms with E-state index in [2.05, 4.69) is 10.4 Å². The maximum absolute atomic E-state index is 13.2. The summed E-state index contributed by atoms with van der Waals surface area (Å²) < 4.78 is 28.2. The van der Waals surface area contributed by atoms with Crippen LogP contribution in [-0.4, -0.2) is 28.8 Å². The van der Waals surface area contributed by atoms with Crippen LogP contribution in [0.4, 0.5) is 8.78 Å². The Morgan fingerprint density at radius 3 is 2.68 bits per heavy atom. The van der Waals surface area contributed by atoms with Crippen molar-refractivity contribution < 1.29 is 8.78 Å². The molecule has 0 amide bonds. The molecule has 108 valence electrons. The molecule has 1 N–H and O–H groups in total. The van der Waals surface area contributed by atoms with Crippen molar-refractivity contribution in [2.24, 2.45) is 13.0 Å². The van der Waals surface area contributed by atoms with Crippen LogP contribution in [0.2, 0.25) is 0 Å². The molecule has 1 atom stereocenters. The van der Waals surface area contributed by atoms with Gasteiger partial charge in [-0.15, -0.1) is 0 Å². The van der Waals surface area contributed by atoms with E-state index in [0.717, 1.165) is 12.8 Å². The van der Waals surface area contributed by atoms with Crippen molar-refractivity contribution >= 4 is 0 Å². The van der Waals surface area contributed by atoms with Gasteiger partial charge in [-0.2, -0.15) is 5.10 Å². The first-order valence-corrected chi connectivity index (χ1v) is 7.04. The molecule has 3 nitrogen and oxygen atoms in total. The molecule has 0 aromatic carbocycles. The molecule has 0 radical (unpaired) electrons. The lowest BCUT2D eigenvalue weighted by atomic mass is 9.80. The minimum absolute atomic E-state index is 0.0432. The van der Waals surface area contributed by atoms with Gasteiger partial charge in [-0.05, 0) is 44.7 Å². The van der Waals surface area contributed by atoms with Gasteiger partial charge in [0.1, 0.15) is 0 Å². The molecule has 1 aromatic rings. The van der Waals surface area contributed by atoms with Gasteiger partial charge in [0.25, 0.3) is 0 Å². The second-order valence-corrected chi connectivity index (χ2v) is 5.57. The van der Waals surface area contributed by atoms with Gasteiger partial charge in [-0.3, -0.25) is 4.68 Å². The molecule has 1 heterocycles. The number of nitrogens with zero attached hydrogens (tertiary/aromatic N) is 2. The number of nitrogens with one attached hydrogen (secondary N) is 1. The summed E-state index contributed by atoms with van der Waals surface area (Å²) in [6.45, 7) is 0. The van der Waals surface area contributed by atoms with Crippen LogP contribution in [0.3, 0.4) is 0 Å². The SMILES string of the molecule is CNC(CCc1ccnn1C)C1CCC(F)(F)CC1. The predicted octanol–water partition coefficient (Wildman–Crippen LogP) is 2.77. The smallest absolute Gasteiger partial charge is 0.248 e. The molecule has 1 saturated carbocycles. The van der Waals surface area contributed by atoms with Gasteiger partial charge in [0, 0.05) is 37.8 Å². The zero-order valence-electron chi connectivity index (χ0n) is 11.7. The fourth-order valence-electron chi connectivity index (χ4n) is 3.03. The summed E-state index contributed by atoms with van der Waals surface area (Å²) >= 11 is 0. The van der Waals surface area contributed by atoms with Crippen LogP contribution < -0.4 is 5.32 Å². The Morgan fingerprint density at radius 2 is 2.16 bits per heavy atom. The third-order valence-corrected chi connectivity index (χ3v) is 4.34. The van der Waals surface area contributed by atoms with Crippen LogP contribution in [0.15, 0.2) is 12.3 Å². The Morgan fingerprint density at radius 1 is 1.47 bits per heavy atom. The Bertz CT molecular complexity index is 393. The molecule has 2 rings (SSSR count). The standard InChI is InChI=1S/C14H23F2N3/c1-17-13(4-3-12-7-10-18-19(12)2)11-5-8-14(15,16)9-6-11/h7,10-11,13,17H,3-6,8-9H2,1-2H3. The van der Waals surface area contributed by atoms with E-state index < -0.39 is 5.92 Å². The third-order valence-electron chi connectivity index (χ3n) is 4.34. The van der Waals surface area contributed by atoms with Crippen molar-refractivity contribution in [2.75, 3.05) is 7.05 Å². The summed E-state index contributed by atoms with van der Waals surface area (Å²) in [6, 6.07) is 2.34. The highest BCUT2D eigenvalue weighted by Gasteiger charge is 2.37. The molecule has 1 aromatic heterocycles. The van der Waals surface area contributed by atoms with Crippen molar-refractivity contribution in [1.82, 2.24) is 15.1 Å². The zero-order valence-corrected chi connectivity index (χ0v) is 11.7. The summed E-state index contributed by atoms with van der Waals surface area (Å²) in [4.78, 5) is 0. The second-order valence-electron chi connectivity index (χ2n) is 5.57. The van der Waals surface area contributed by atoms with Crippen molar-refractivity contribution in [1.29, 1.82) is 0 Å². The Kier molecular flexibility index (Phi) is 4.55. The molecule has 19 heavy (non-hydrogen) atoms. The van der Waals surface area contributed by atoms with Gasteiger partial charge in [-0.1, -0.05) is 0 Å². The number of rotatable bonds is 5. The molecule has 0 saturated heterocycles. The summed E-state index contributed by atoms with van der Waals surface area (Å²) in [5.41, 5.74) is 1.20. The summed E-state index contributed by atoms with van der Waals surface area (Å²) in [6.07, 6.45) is 5.06. The number of alkyl halides is 2. The van der Waals surface area contributed by atoms with Crippen molar-refractivity contribution in [3.63, 3.8) is 0 Å². The number of aromatic nitrogens is 2. The number of hydrogen-bond donors (Lipinski definition) is 1. The lowest BCUT2D eigenvalue weighted by Gasteiger charge is -2.33. The fraction of sp³-hybridized carbons (Fsp3) is 0.786. The first-order chi connectivity index (χ1) is 9.02. The van der Waals surface area contributed by atoms with E-state index in [1.165, 1.54) is 5.69 Å². The highest BCUT2D eigenvalue weighted by atomic mass is 19.3. The Labute approximate surface area is 113 Å². The molecular formula is C14H23F2N3. The van der Waals surface area contributed by atoms with Gasteiger partial charge < -0.3 is 5.32 Å². The van der Waals surface area contributed by atoms with E-state index in [1.54, 1.807) is 6.20 Å². The van der Waals surface area contributed by atoms with E-state index in [-0.39, 0.29) is 12.8 Å². The highest BCUT2D eigenvalue weighted by molar-refractivity contribution is 5.01. The Balaban J connectivity index is 1.85.